The van der Waals surface area contributed by atoms with Gasteiger partial charge in [-0.25, -0.2) is 0 Å². The fraction of sp³-hybridized carbons (Fsp3) is 0.923. The molecule has 2 aliphatic rings. The average molecular weight is 288 g/mol. The van der Waals surface area contributed by atoms with Crippen LogP contribution in [0.1, 0.15) is 32.6 Å². The summed E-state index contributed by atoms with van der Waals surface area (Å²) >= 11 is 7.04. The zero-order valence-corrected chi connectivity index (χ0v) is 13.0. The Morgan fingerprint density at radius 3 is 3.06 bits per heavy atom. The van der Waals surface area contributed by atoms with Gasteiger partial charge in [0.1, 0.15) is 0 Å². The number of nitrogens with zero attached hydrogens (tertiary/aromatic N) is 1. The molecule has 0 aliphatic carbocycles. The molecule has 0 aromatic heterocycles. The number of rotatable bonds is 4. The molecule has 3 unspecified atom stereocenters. The van der Waals surface area contributed by atoms with E-state index >= 15 is 0 Å². The second kappa shape index (κ2) is 6.07. The molecule has 2 heterocycles. The maximum absolute atomic E-state index is 6.07. The molecule has 2 rings (SSSR count). The average Bonchev–Trinajstić information content (AvgIpc) is 2.75. The monoisotopic (exact) mass is 288 g/mol. The van der Waals surface area contributed by atoms with Crippen LogP contribution in [0.15, 0.2) is 0 Å². The number of hydrogen-bond acceptors (Lipinski definition) is 4. The minimum atomic E-state index is 0.158. The lowest BCUT2D eigenvalue weighted by Gasteiger charge is -2.43. The molecule has 2 N–H and O–H groups in total. The summed E-state index contributed by atoms with van der Waals surface area (Å²) < 4.78 is 6.07. The standard InChI is InChI=1S/C13H24N2OS2/c1-10(7-12(14)17)15(2)11-3-5-16-13(8-11)4-6-18-9-13/h10-11H,3-9H2,1-2H3,(H2,14,17). The third-order valence-corrected chi connectivity index (χ3v) is 5.69. The summed E-state index contributed by atoms with van der Waals surface area (Å²) in [5.41, 5.74) is 5.81. The number of thiocarbonyl (C=S) groups is 1. The van der Waals surface area contributed by atoms with Crippen molar-refractivity contribution < 1.29 is 4.74 Å². The van der Waals surface area contributed by atoms with Crippen molar-refractivity contribution in [1.29, 1.82) is 0 Å². The molecule has 0 aromatic rings. The topological polar surface area (TPSA) is 38.5 Å². The van der Waals surface area contributed by atoms with Crippen LogP contribution in [0.5, 0.6) is 0 Å². The summed E-state index contributed by atoms with van der Waals surface area (Å²) in [6.45, 7) is 3.11. The van der Waals surface area contributed by atoms with Gasteiger partial charge < -0.3 is 15.4 Å². The van der Waals surface area contributed by atoms with Crippen LogP contribution >= 0.6 is 24.0 Å². The van der Waals surface area contributed by atoms with Gasteiger partial charge in [0.15, 0.2) is 0 Å². The SMILES string of the molecule is CC(CC(N)=S)N(C)C1CCOC2(CCSC2)C1. The second-order valence-corrected chi connectivity index (χ2v) is 7.30. The smallest absolute Gasteiger partial charge is 0.0795 e. The van der Waals surface area contributed by atoms with Crippen LogP contribution in [0.25, 0.3) is 0 Å². The highest BCUT2D eigenvalue weighted by molar-refractivity contribution is 7.99. The molecular formula is C13H24N2OS2. The summed E-state index contributed by atoms with van der Waals surface area (Å²) in [6.07, 6.45) is 4.32. The molecule has 1 spiro atoms. The Labute approximate surface area is 120 Å². The molecule has 2 fully saturated rings. The molecule has 0 radical (unpaired) electrons. The quantitative estimate of drug-likeness (QED) is 0.802. The van der Waals surface area contributed by atoms with Crippen LogP contribution in [-0.4, -0.2) is 52.7 Å². The van der Waals surface area contributed by atoms with Crippen LogP contribution < -0.4 is 5.73 Å². The molecule has 2 aliphatic heterocycles. The maximum atomic E-state index is 6.07. The Morgan fingerprint density at radius 2 is 2.44 bits per heavy atom. The van der Waals surface area contributed by atoms with Gasteiger partial charge >= 0.3 is 0 Å². The lowest BCUT2D eigenvalue weighted by molar-refractivity contribution is -0.0901. The molecule has 18 heavy (non-hydrogen) atoms. The first-order valence-corrected chi connectivity index (χ1v) is 8.31. The number of hydrogen-bond donors (Lipinski definition) is 1. The van der Waals surface area contributed by atoms with Gasteiger partial charge in [-0.3, -0.25) is 0 Å². The van der Waals surface area contributed by atoms with Crippen LogP contribution in [0.3, 0.4) is 0 Å². The van der Waals surface area contributed by atoms with E-state index in [1.165, 1.54) is 17.9 Å². The Kier molecular flexibility index (Phi) is 4.92. The maximum Gasteiger partial charge on any atom is 0.0795 e. The van der Waals surface area contributed by atoms with Gasteiger partial charge in [-0.15, -0.1) is 0 Å². The van der Waals surface area contributed by atoms with Crippen molar-refractivity contribution in [3.63, 3.8) is 0 Å². The zero-order chi connectivity index (χ0) is 13.2. The van der Waals surface area contributed by atoms with Crippen molar-refractivity contribution in [2.75, 3.05) is 25.2 Å². The van der Waals surface area contributed by atoms with Crippen LogP contribution in [0.2, 0.25) is 0 Å². The predicted molar refractivity (Wildman–Crippen MR) is 82.3 cm³/mol. The molecule has 3 atom stereocenters. The summed E-state index contributed by atoms with van der Waals surface area (Å²) in [5.74, 6) is 2.42. The van der Waals surface area contributed by atoms with Crippen LogP contribution in [-0.2, 0) is 4.74 Å². The summed E-state index contributed by atoms with van der Waals surface area (Å²) in [7, 11) is 2.20. The molecule has 0 bridgehead atoms. The van der Waals surface area contributed by atoms with Crippen molar-refractivity contribution in [2.45, 2.75) is 50.3 Å². The Morgan fingerprint density at radius 1 is 1.67 bits per heavy atom. The van der Waals surface area contributed by atoms with E-state index in [0.717, 1.165) is 25.9 Å². The lowest BCUT2D eigenvalue weighted by atomic mass is 9.88. The van der Waals surface area contributed by atoms with E-state index in [2.05, 4.69) is 18.9 Å². The van der Waals surface area contributed by atoms with Gasteiger partial charge in [0.25, 0.3) is 0 Å². The highest BCUT2D eigenvalue weighted by Gasteiger charge is 2.41. The van der Waals surface area contributed by atoms with Gasteiger partial charge in [0.2, 0.25) is 0 Å². The molecule has 104 valence electrons. The van der Waals surface area contributed by atoms with Gasteiger partial charge in [-0.2, -0.15) is 11.8 Å². The third-order valence-electron chi connectivity index (χ3n) is 4.30. The third kappa shape index (κ3) is 3.38. The fourth-order valence-electron chi connectivity index (χ4n) is 3.01. The predicted octanol–water partition coefficient (Wildman–Crippen LogP) is 2.04. The molecule has 0 aromatic carbocycles. The van der Waals surface area contributed by atoms with E-state index in [0.29, 0.717) is 17.1 Å². The van der Waals surface area contributed by atoms with E-state index in [1.54, 1.807) is 0 Å². The first-order valence-electron chi connectivity index (χ1n) is 6.74. The highest BCUT2D eigenvalue weighted by atomic mass is 32.2. The van der Waals surface area contributed by atoms with Crippen molar-refractivity contribution in [1.82, 2.24) is 4.90 Å². The largest absolute Gasteiger partial charge is 0.393 e. The fourth-order valence-corrected chi connectivity index (χ4v) is 4.63. The normalized spacial score (nSPS) is 34.1. The van der Waals surface area contributed by atoms with Gasteiger partial charge in [0, 0.05) is 30.9 Å². The number of ether oxygens (including phenoxy) is 1. The summed E-state index contributed by atoms with van der Waals surface area (Å²) in [4.78, 5) is 3.07. The molecule has 0 saturated carbocycles. The van der Waals surface area contributed by atoms with Gasteiger partial charge in [-0.1, -0.05) is 12.2 Å². The minimum absolute atomic E-state index is 0.158. The highest BCUT2D eigenvalue weighted by Crippen LogP contribution is 2.39. The van der Waals surface area contributed by atoms with Crippen molar-refractivity contribution in [3.8, 4) is 0 Å². The van der Waals surface area contributed by atoms with Crippen LogP contribution in [0, 0.1) is 0 Å². The van der Waals surface area contributed by atoms with Gasteiger partial charge in [-0.05, 0) is 39.0 Å². The van der Waals surface area contributed by atoms with Crippen molar-refractivity contribution >= 4 is 29.0 Å². The first kappa shape index (κ1) is 14.6. The Balaban J connectivity index is 1.93. The van der Waals surface area contributed by atoms with Crippen molar-refractivity contribution in [2.24, 2.45) is 5.73 Å². The van der Waals surface area contributed by atoms with E-state index in [-0.39, 0.29) is 5.60 Å². The Hall–Kier alpha value is 0.160. The van der Waals surface area contributed by atoms with E-state index < -0.39 is 0 Å². The minimum Gasteiger partial charge on any atom is -0.393 e. The second-order valence-electron chi connectivity index (χ2n) is 5.67. The molecule has 5 heteroatoms. The van der Waals surface area contributed by atoms with E-state index in [9.17, 15) is 0 Å². The molecule has 2 saturated heterocycles. The molecule has 3 nitrogen and oxygen atoms in total. The van der Waals surface area contributed by atoms with E-state index in [4.69, 9.17) is 22.7 Å². The van der Waals surface area contributed by atoms with Crippen LogP contribution in [0.4, 0.5) is 0 Å². The lowest BCUT2D eigenvalue weighted by Crippen LogP contribution is -2.50. The molecule has 0 amide bonds. The molecular weight excluding hydrogens is 264 g/mol. The van der Waals surface area contributed by atoms with Crippen molar-refractivity contribution in [3.05, 3.63) is 0 Å². The Bertz CT molecular complexity index is 305. The summed E-state index contributed by atoms with van der Waals surface area (Å²) in [6, 6.07) is 1.04. The summed E-state index contributed by atoms with van der Waals surface area (Å²) in [5, 5.41) is 0. The number of thioether (sulfide) groups is 1. The number of nitrogens with two attached hydrogens (primary N) is 1. The van der Waals surface area contributed by atoms with E-state index in [1.807, 2.05) is 11.8 Å². The zero-order valence-electron chi connectivity index (χ0n) is 11.4. The first-order chi connectivity index (χ1) is 8.52. The van der Waals surface area contributed by atoms with Gasteiger partial charge in [0.05, 0.1) is 10.6 Å².